The van der Waals surface area contributed by atoms with Gasteiger partial charge in [0.25, 0.3) is 0 Å². The Hall–Kier alpha value is -0.240. The van der Waals surface area contributed by atoms with Crippen molar-refractivity contribution >= 4 is 15.9 Å². The minimum absolute atomic E-state index is 1.16. The number of hydrogen-bond donors (Lipinski definition) is 1. The van der Waals surface area contributed by atoms with E-state index in [-0.39, 0.29) is 0 Å². The molecule has 0 amide bonds. The van der Waals surface area contributed by atoms with E-state index < -0.39 is 0 Å². The third-order valence-electron chi connectivity index (χ3n) is 1.56. The summed E-state index contributed by atoms with van der Waals surface area (Å²) in [7, 11) is 0. The lowest BCUT2D eigenvalue weighted by Gasteiger charge is -1.95. The van der Waals surface area contributed by atoms with Gasteiger partial charge in [0.15, 0.2) is 0 Å². The minimum Gasteiger partial charge on any atom is -0.364 e. The van der Waals surface area contributed by atoms with E-state index in [1.807, 2.05) is 12.3 Å². The normalized spacial score (nSPS) is 10.2. The van der Waals surface area contributed by atoms with Gasteiger partial charge in [-0.3, -0.25) is 0 Å². The molecule has 0 atom stereocenters. The Kier molecular flexibility index (Phi) is 3.00. The molecule has 1 rings (SSSR count). The standard InChI is InChI=1S/C8H12BrN/c1-2-3-4-8-7(9)5-6-10-8/h5-6,10H,2-4H2,1H3. The first kappa shape index (κ1) is 7.86. The number of H-pyrrole nitrogens is 1. The van der Waals surface area contributed by atoms with E-state index in [4.69, 9.17) is 0 Å². The van der Waals surface area contributed by atoms with Crippen LogP contribution in [-0.2, 0) is 6.42 Å². The van der Waals surface area contributed by atoms with Crippen molar-refractivity contribution in [3.63, 3.8) is 0 Å². The van der Waals surface area contributed by atoms with E-state index in [2.05, 4.69) is 27.8 Å². The number of aromatic nitrogens is 1. The Balaban J connectivity index is 2.49. The molecule has 0 saturated carbocycles. The molecule has 1 heterocycles. The van der Waals surface area contributed by atoms with Crippen molar-refractivity contribution < 1.29 is 0 Å². The van der Waals surface area contributed by atoms with Gasteiger partial charge in [-0.1, -0.05) is 13.3 Å². The van der Waals surface area contributed by atoms with Crippen molar-refractivity contribution in [1.82, 2.24) is 4.98 Å². The molecule has 0 radical (unpaired) electrons. The van der Waals surface area contributed by atoms with E-state index in [1.165, 1.54) is 23.0 Å². The van der Waals surface area contributed by atoms with Crippen LogP contribution in [0.4, 0.5) is 0 Å². The topological polar surface area (TPSA) is 15.8 Å². The number of aryl methyl sites for hydroxylation is 1. The van der Waals surface area contributed by atoms with Gasteiger partial charge >= 0.3 is 0 Å². The number of hydrogen-bond acceptors (Lipinski definition) is 0. The third kappa shape index (κ3) is 1.87. The molecule has 0 spiro atoms. The lowest BCUT2D eigenvalue weighted by molar-refractivity contribution is 0.778. The molecule has 0 unspecified atom stereocenters. The van der Waals surface area contributed by atoms with Gasteiger partial charge < -0.3 is 4.98 Å². The molecule has 56 valence electrons. The van der Waals surface area contributed by atoms with Crippen molar-refractivity contribution in [2.24, 2.45) is 0 Å². The number of unbranched alkanes of at least 4 members (excludes halogenated alkanes) is 1. The predicted molar refractivity (Wildman–Crippen MR) is 47.1 cm³/mol. The third-order valence-corrected chi connectivity index (χ3v) is 2.30. The molecule has 0 bridgehead atoms. The summed E-state index contributed by atoms with van der Waals surface area (Å²) in [6, 6.07) is 2.05. The fraction of sp³-hybridized carbons (Fsp3) is 0.500. The van der Waals surface area contributed by atoms with Crippen LogP contribution in [0.15, 0.2) is 16.7 Å². The van der Waals surface area contributed by atoms with Crippen LogP contribution in [0.1, 0.15) is 25.5 Å². The monoisotopic (exact) mass is 201 g/mol. The zero-order chi connectivity index (χ0) is 7.40. The summed E-state index contributed by atoms with van der Waals surface area (Å²) < 4.78 is 1.21. The van der Waals surface area contributed by atoms with Gasteiger partial charge in [-0.15, -0.1) is 0 Å². The van der Waals surface area contributed by atoms with Crippen LogP contribution in [0.5, 0.6) is 0 Å². The van der Waals surface area contributed by atoms with Crippen molar-refractivity contribution in [3.8, 4) is 0 Å². The van der Waals surface area contributed by atoms with Gasteiger partial charge in [0.05, 0.1) is 0 Å². The smallest absolute Gasteiger partial charge is 0.0382 e. The SMILES string of the molecule is CCCCc1[nH]ccc1Br. The average Bonchev–Trinajstić information content (AvgIpc) is 2.31. The first-order chi connectivity index (χ1) is 4.84. The Bertz CT molecular complexity index is 193. The molecular formula is C8H12BrN. The summed E-state index contributed by atoms with van der Waals surface area (Å²) in [4.78, 5) is 3.19. The van der Waals surface area contributed by atoms with Crippen molar-refractivity contribution in [2.45, 2.75) is 26.2 Å². The molecule has 1 nitrogen and oxygen atoms in total. The fourth-order valence-electron chi connectivity index (χ4n) is 0.930. The zero-order valence-electron chi connectivity index (χ0n) is 6.15. The molecule has 1 N–H and O–H groups in total. The lowest BCUT2D eigenvalue weighted by atomic mass is 10.2. The van der Waals surface area contributed by atoms with Crippen LogP contribution in [0.2, 0.25) is 0 Å². The molecule has 1 aromatic rings. The summed E-state index contributed by atoms with van der Waals surface area (Å²) in [5, 5.41) is 0. The van der Waals surface area contributed by atoms with Gasteiger partial charge in [0, 0.05) is 16.4 Å². The maximum Gasteiger partial charge on any atom is 0.0382 e. The zero-order valence-corrected chi connectivity index (χ0v) is 7.74. The maximum absolute atomic E-state index is 3.47. The van der Waals surface area contributed by atoms with Crippen molar-refractivity contribution in [2.75, 3.05) is 0 Å². The molecule has 2 heteroatoms. The van der Waals surface area contributed by atoms with E-state index in [1.54, 1.807) is 0 Å². The van der Waals surface area contributed by atoms with E-state index in [9.17, 15) is 0 Å². The quantitative estimate of drug-likeness (QED) is 0.774. The summed E-state index contributed by atoms with van der Waals surface area (Å²) in [5.41, 5.74) is 1.32. The van der Waals surface area contributed by atoms with E-state index in [0.29, 0.717) is 0 Å². The second-order valence-electron chi connectivity index (χ2n) is 2.41. The van der Waals surface area contributed by atoms with Gasteiger partial charge in [-0.25, -0.2) is 0 Å². The number of nitrogens with one attached hydrogen (secondary N) is 1. The molecule has 0 saturated heterocycles. The highest BCUT2D eigenvalue weighted by atomic mass is 79.9. The first-order valence-corrected chi connectivity index (χ1v) is 4.45. The molecule has 10 heavy (non-hydrogen) atoms. The first-order valence-electron chi connectivity index (χ1n) is 3.66. The Labute approximate surface area is 70.0 Å². The van der Waals surface area contributed by atoms with Crippen molar-refractivity contribution in [3.05, 3.63) is 22.4 Å². The number of rotatable bonds is 3. The summed E-state index contributed by atoms with van der Waals surface area (Å²) >= 11 is 3.47. The molecule has 0 aliphatic heterocycles. The molecule has 0 aliphatic rings. The molecule has 0 fully saturated rings. The van der Waals surface area contributed by atoms with E-state index >= 15 is 0 Å². The molecule has 0 aliphatic carbocycles. The second kappa shape index (κ2) is 3.81. The van der Waals surface area contributed by atoms with Gasteiger partial charge in [0.2, 0.25) is 0 Å². The van der Waals surface area contributed by atoms with Crippen molar-refractivity contribution in [1.29, 1.82) is 0 Å². The van der Waals surface area contributed by atoms with Gasteiger partial charge in [-0.2, -0.15) is 0 Å². The lowest BCUT2D eigenvalue weighted by Crippen LogP contribution is -1.84. The van der Waals surface area contributed by atoms with Crippen LogP contribution in [0.3, 0.4) is 0 Å². The van der Waals surface area contributed by atoms with Crippen LogP contribution in [0, 0.1) is 0 Å². The molecule has 1 aromatic heterocycles. The van der Waals surface area contributed by atoms with Gasteiger partial charge in [0.1, 0.15) is 0 Å². The molecular weight excluding hydrogens is 190 g/mol. The summed E-state index contributed by atoms with van der Waals surface area (Å²) in [5.74, 6) is 0. The highest BCUT2D eigenvalue weighted by molar-refractivity contribution is 9.10. The maximum atomic E-state index is 3.47. The summed E-state index contributed by atoms with van der Waals surface area (Å²) in [6.45, 7) is 2.21. The Morgan fingerprint density at radius 3 is 2.90 bits per heavy atom. The predicted octanol–water partition coefficient (Wildman–Crippen LogP) is 3.12. The number of aromatic amines is 1. The highest BCUT2D eigenvalue weighted by Gasteiger charge is 1.97. The second-order valence-corrected chi connectivity index (χ2v) is 3.26. The molecule has 0 aromatic carbocycles. The Morgan fingerprint density at radius 2 is 2.40 bits per heavy atom. The van der Waals surface area contributed by atoms with Crippen LogP contribution >= 0.6 is 15.9 Å². The average molecular weight is 202 g/mol. The van der Waals surface area contributed by atoms with Crippen LogP contribution < -0.4 is 0 Å². The minimum atomic E-state index is 1.16. The van der Waals surface area contributed by atoms with Crippen LogP contribution in [-0.4, -0.2) is 4.98 Å². The fourth-order valence-corrected chi connectivity index (χ4v) is 1.37. The highest BCUT2D eigenvalue weighted by Crippen LogP contribution is 2.16. The Morgan fingerprint density at radius 1 is 1.60 bits per heavy atom. The van der Waals surface area contributed by atoms with Gasteiger partial charge in [-0.05, 0) is 34.8 Å². The van der Waals surface area contributed by atoms with Crippen LogP contribution in [0.25, 0.3) is 0 Å². The van der Waals surface area contributed by atoms with E-state index in [0.717, 1.165) is 6.42 Å². The number of halogens is 1. The summed E-state index contributed by atoms with van der Waals surface area (Å²) in [6.07, 6.45) is 5.64. The largest absolute Gasteiger partial charge is 0.364 e.